The number of carbonyl (C=O) groups is 2. The van der Waals surface area contributed by atoms with E-state index in [0.29, 0.717) is 46.6 Å². The summed E-state index contributed by atoms with van der Waals surface area (Å²) in [6.45, 7) is 0.469. The number of ether oxygens (including phenoxy) is 3. The van der Waals surface area contributed by atoms with Crippen molar-refractivity contribution in [2.75, 3.05) is 19.8 Å². The molecule has 1 heterocycles. The van der Waals surface area contributed by atoms with Crippen LogP contribution < -0.4 is 14.2 Å². The van der Waals surface area contributed by atoms with E-state index in [4.69, 9.17) is 30.9 Å². The molecule has 7 heteroatoms. The Morgan fingerprint density at radius 1 is 1.15 bits per heavy atom. The van der Waals surface area contributed by atoms with Gasteiger partial charge in [-0.2, -0.15) is 0 Å². The monoisotopic (exact) mass is 374 g/mol. The van der Waals surface area contributed by atoms with E-state index < -0.39 is 12.6 Å². The minimum atomic E-state index is -1.06. The number of hydrogen-bond donors (Lipinski definition) is 1. The summed E-state index contributed by atoms with van der Waals surface area (Å²) < 4.78 is 16.0. The van der Waals surface area contributed by atoms with Gasteiger partial charge in [0.2, 0.25) is 0 Å². The largest absolute Gasteiger partial charge is 0.486 e. The number of ketones is 1. The Hall–Kier alpha value is -2.99. The first-order chi connectivity index (χ1) is 12.5. The van der Waals surface area contributed by atoms with E-state index in [1.165, 1.54) is 6.08 Å². The molecular formula is C19H15ClO6. The van der Waals surface area contributed by atoms with E-state index in [2.05, 4.69) is 0 Å². The summed E-state index contributed by atoms with van der Waals surface area (Å²) in [6, 6.07) is 9.69. The van der Waals surface area contributed by atoms with Crippen LogP contribution in [0, 0.1) is 0 Å². The van der Waals surface area contributed by atoms with Crippen LogP contribution in [0.5, 0.6) is 17.2 Å². The molecule has 0 bridgehead atoms. The number of benzene rings is 2. The van der Waals surface area contributed by atoms with Gasteiger partial charge >= 0.3 is 5.97 Å². The normalized spacial score (nSPS) is 12.8. The highest BCUT2D eigenvalue weighted by Gasteiger charge is 2.16. The summed E-state index contributed by atoms with van der Waals surface area (Å²) in [5, 5.41) is 9.00. The first kappa shape index (κ1) is 17.8. The number of carboxylic acids is 1. The van der Waals surface area contributed by atoms with Crippen molar-refractivity contribution in [3.05, 3.63) is 58.6 Å². The van der Waals surface area contributed by atoms with Gasteiger partial charge in [-0.25, -0.2) is 4.79 Å². The van der Waals surface area contributed by atoms with Crippen LogP contribution in [-0.2, 0) is 4.79 Å². The smallest absolute Gasteiger partial charge is 0.341 e. The summed E-state index contributed by atoms with van der Waals surface area (Å²) in [4.78, 5) is 22.7. The molecule has 0 fully saturated rings. The lowest BCUT2D eigenvalue weighted by Gasteiger charge is -2.19. The van der Waals surface area contributed by atoms with Gasteiger partial charge < -0.3 is 19.3 Å². The molecule has 134 valence electrons. The van der Waals surface area contributed by atoms with Gasteiger partial charge in [0.05, 0.1) is 5.02 Å². The minimum Gasteiger partial charge on any atom is -0.486 e. The van der Waals surface area contributed by atoms with Crippen molar-refractivity contribution in [2.24, 2.45) is 0 Å². The predicted molar refractivity (Wildman–Crippen MR) is 95.4 cm³/mol. The Bertz CT molecular complexity index is 857. The van der Waals surface area contributed by atoms with Crippen molar-refractivity contribution < 1.29 is 28.9 Å². The highest BCUT2D eigenvalue weighted by Crippen LogP contribution is 2.38. The lowest BCUT2D eigenvalue weighted by Crippen LogP contribution is -2.15. The van der Waals surface area contributed by atoms with E-state index in [0.717, 1.165) is 0 Å². The fourth-order valence-electron chi connectivity index (χ4n) is 2.36. The second kappa shape index (κ2) is 7.93. The van der Waals surface area contributed by atoms with E-state index in [-0.39, 0.29) is 5.78 Å². The first-order valence-corrected chi connectivity index (χ1v) is 8.17. The zero-order valence-electron chi connectivity index (χ0n) is 13.6. The molecule has 26 heavy (non-hydrogen) atoms. The number of carbonyl (C=O) groups excluding carboxylic acids is 1. The Labute approximate surface area is 154 Å². The van der Waals surface area contributed by atoms with E-state index >= 15 is 0 Å². The molecule has 0 unspecified atom stereocenters. The van der Waals surface area contributed by atoms with Crippen molar-refractivity contribution >= 4 is 29.4 Å². The molecule has 0 spiro atoms. The maximum absolute atomic E-state index is 12.3. The Kier molecular flexibility index (Phi) is 5.43. The molecule has 0 radical (unpaired) electrons. The van der Waals surface area contributed by atoms with Crippen LogP contribution in [-0.4, -0.2) is 36.7 Å². The van der Waals surface area contributed by atoms with Crippen LogP contribution in [0.2, 0.25) is 5.02 Å². The summed E-state index contributed by atoms with van der Waals surface area (Å²) in [5.41, 5.74) is 1.17. The third kappa shape index (κ3) is 4.34. The minimum absolute atomic E-state index is 0.208. The Morgan fingerprint density at radius 3 is 2.62 bits per heavy atom. The van der Waals surface area contributed by atoms with Gasteiger partial charge in [-0.05, 0) is 48.0 Å². The average molecular weight is 375 g/mol. The van der Waals surface area contributed by atoms with Crippen LogP contribution in [0.1, 0.15) is 15.9 Å². The predicted octanol–water partition coefficient (Wildman–Crippen LogP) is 3.47. The molecule has 0 amide bonds. The zero-order chi connectivity index (χ0) is 18.5. The average Bonchev–Trinajstić information content (AvgIpc) is 2.65. The van der Waals surface area contributed by atoms with E-state index in [1.54, 1.807) is 42.5 Å². The molecule has 0 saturated heterocycles. The fraction of sp³-hybridized carbons (Fsp3) is 0.158. The highest BCUT2D eigenvalue weighted by molar-refractivity contribution is 6.32. The summed E-state index contributed by atoms with van der Waals surface area (Å²) in [7, 11) is 0. The maximum atomic E-state index is 12.3. The number of aliphatic carboxylic acids is 1. The van der Waals surface area contributed by atoms with Gasteiger partial charge in [0, 0.05) is 5.56 Å². The molecule has 2 aromatic carbocycles. The van der Waals surface area contributed by atoms with Crippen molar-refractivity contribution in [2.45, 2.75) is 0 Å². The first-order valence-electron chi connectivity index (χ1n) is 7.79. The molecule has 0 saturated carbocycles. The third-order valence-electron chi connectivity index (χ3n) is 3.55. The van der Waals surface area contributed by atoms with Crippen LogP contribution in [0.15, 0.2) is 42.5 Å². The molecule has 3 rings (SSSR count). The van der Waals surface area contributed by atoms with Crippen molar-refractivity contribution in [3.8, 4) is 17.2 Å². The lowest BCUT2D eigenvalue weighted by atomic mass is 10.1. The summed E-state index contributed by atoms with van der Waals surface area (Å²) in [6.07, 6.45) is 3.07. The molecule has 6 nitrogen and oxygen atoms in total. The molecule has 2 aromatic rings. The van der Waals surface area contributed by atoms with Crippen LogP contribution in [0.4, 0.5) is 0 Å². The molecule has 0 aliphatic carbocycles. The zero-order valence-corrected chi connectivity index (χ0v) is 14.4. The van der Waals surface area contributed by atoms with Gasteiger partial charge in [-0.15, -0.1) is 0 Å². The number of halogens is 1. The van der Waals surface area contributed by atoms with Crippen molar-refractivity contribution in [1.82, 2.24) is 0 Å². The Morgan fingerprint density at radius 2 is 1.88 bits per heavy atom. The van der Waals surface area contributed by atoms with Gasteiger partial charge in [-0.1, -0.05) is 17.7 Å². The highest BCUT2D eigenvalue weighted by atomic mass is 35.5. The molecule has 1 aliphatic rings. The van der Waals surface area contributed by atoms with Crippen LogP contribution in [0.25, 0.3) is 6.08 Å². The SMILES string of the molecule is O=C(O)COc1ccc(C(=O)/C=C\c2cc(Cl)c3c(c2)OCCO3)cc1. The quantitative estimate of drug-likeness (QED) is 0.616. The molecular weight excluding hydrogens is 360 g/mol. The number of rotatable bonds is 6. The molecule has 0 aromatic heterocycles. The third-order valence-corrected chi connectivity index (χ3v) is 3.83. The fourth-order valence-corrected chi connectivity index (χ4v) is 2.63. The number of fused-ring (bicyclic) bond motifs is 1. The summed E-state index contributed by atoms with van der Waals surface area (Å²) in [5.74, 6) is 0.174. The Balaban J connectivity index is 1.69. The number of allylic oxidation sites excluding steroid dienone is 1. The number of hydrogen-bond acceptors (Lipinski definition) is 5. The van der Waals surface area contributed by atoms with Gasteiger partial charge in [-0.3, -0.25) is 4.79 Å². The van der Waals surface area contributed by atoms with Gasteiger partial charge in [0.1, 0.15) is 19.0 Å². The molecule has 0 atom stereocenters. The maximum Gasteiger partial charge on any atom is 0.341 e. The van der Waals surface area contributed by atoms with E-state index in [9.17, 15) is 9.59 Å². The second-order valence-electron chi connectivity index (χ2n) is 5.43. The standard InChI is InChI=1S/C19H15ClO6/c20-15-9-12(10-17-19(15)25-8-7-24-17)1-6-16(21)13-2-4-14(5-3-13)26-11-18(22)23/h1-6,9-10H,7-8,11H2,(H,22,23)/b6-1-. The van der Waals surface area contributed by atoms with Crippen LogP contribution in [0.3, 0.4) is 0 Å². The van der Waals surface area contributed by atoms with Gasteiger partial charge in [0.15, 0.2) is 23.9 Å². The lowest BCUT2D eigenvalue weighted by molar-refractivity contribution is -0.139. The van der Waals surface area contributed by atoms with Gasteiger partial charge in [0.25, 0.3) is 0 Å². The van der Waals surface area contributed by atoms with Crippen molar-refractivity contribution in [3.63, 3.8) is 0 Å². The number of carboxylic acid groups (broad SMARTS) is 1. The van der Waals surface area contributed by atoms with E-state index in [1.807, 2.05) is 0 Å². The summed E-state index contributed by atoms with van der Waals surface area (Å²) >= 11 is 6.17. The second-order valence-corrected chi connectivity index (χ2v) is 5.84. The molecule has 1 aliphatic heterocycles. The topological polar surface area (TPSA) is 82.1 Å². The van der Waals surface area contributed by atoms with Crippen LogP contribution >= 0.6 is 11.6 Å². The molecule has 1 N–H and O–H groups in total. The van der Waals surface area contributed by atoms with Crippen molar-refractivity contribution in [1.29, 1.82) is 0 Å².